The highest BCUT2D eigenvalue weighted by molar-refractivity contribution is 5.46. The molecule has 0 saturated carbocycles. The van der Waals surface area contributed by atoms with Crippen molar-refractivity contribution in [3.63, 3.8) is 0 Å². The van der Waals surface area contributed by atoms with E-state index in [1.807, 2.05) is 25.1 Å². The molecule has 0 saturated heterocycles. The van der Waals surface area contributed by atoms with E-state index in [0.29, 0.717) is 0 Å². The molecule has 18 heavy (non-hydrogen) atoms. The zero-order valence-electron chi connectivity index (χ0n) is 11.1. The smallest absolute Gasteiger partial charge is 0.133 e. The molecule has 2 aromatic rings. The standard InChI is InChI=1S/C14H20N4/c1-3-10-18-11(2)16-17-14(18)9-8-12-6-4-5-7-13(12)15/h4-7H,3,8-10,15H2,1-2H3. The summed E-state index contributed by atoms with van der Waals surface area (Å²) in [5.74, 6) is 2.05. The lowest BCUT2D eigenvalue weighted by Crippen LogP contribution is -2.07. The molecule has 0 unspecified atom stereocenters. The van der Waals surface area contributed by atoms with Crippen molar-refractivity contribution in [1.82, 2.24) is 14.8 Å². The molecule has 0 fully saturated rings. The molecule has 96 valence electrons. The van der Waals surface area contributed by atoms with Gasteiger partial charge in [-0.3, -0.25) is 0 Å². The summed E-state index contributed by atoms with van der Waals surface area (Å²) in [5, 5.41) is 8.40. The zero-order valence-corrected chi connectivity index (χ0v) is 11.1. The molecule has 0 amide bonds. The molecule has 0 radical (unpaired) electrons. The van der Waals surface area contributed by atoms with Crippen molar-refractivity contribution >= 4 is 5.69 Å². The summed E-state index contributed by atoms with van der Waals surface area (Å²) in [6.07, 6.45) is 2.89. The second kappa shape index (κ2) is 5.67. The van der Waals surface area contributed by atoms with Crippen LogP contribution in [0, 0.1) is 6.92 Å². The number of nitrogens with zero attached hydrogens (tertiary/aromatic N) is 3. The Bertz CT molecular complexity index is 516. The maximum absolute atomic E-state index is 5.94. The van der Waals surface area contributed by atoms with Gasteiger partial charge >= 0.3 is 0 Å². The minimum atomic E-state index is 0.857. The Hall–Kier alpha value is -1.84. The second-order valence-electron chi connectivity index (χ2n) is 4.51. The predicted molar refractivity (Wildman–Crippen MR) is 73.3 cm³/mol. The fourth-order valence-corrected chi connectivity index (χ4v) is 2.13. The lowest BCUT2D eigenvalue weighted by Gasteiger charge is -2.08. The van der Waals surface area contributed by atoms with E-state index < -0.39 is 0 Å². The summed E-state index contributed by atoms with van der Waals surface area (Å²) < 4.78 is 2.19. The quantitative estimate of drug-likeness (QED) is 0.821. The van der Waals surface area contributed by atoms with Crippen molar-refractivity contribution < 1.29 is 0 Å². The Morgan fingerprint density at radius 2 is 1.94 bits per heavy atom. The number of nitrogen functional groups attached to an aromatic ring is 1. The summed E-state index contributed by atoms with van der Waals surface area (Å²) in [6, 6.07) is 8.00. The third-order valence-electron chi connectivity index (χ3n) is 3.13. The van der Waals surface area contributed by atoms with E-state index in [4.69, 9.17) is 5.73 Å². The van der Waals surface area contributed by atoms with Crippen LogP contribution in [0.1, 0.15) is 30.6 Å². The highest BCUT2D eigenvalue weighted by atomic mass is 15.3. The number of hydrogen-bond donors (Lipinski definition) is 1. The molecule has 0 aliphatic rings. The van der Waals surface area contributed by atoms with Crippen LogP contribution in [0.2, 0.25) is 0 Å². The van der Waals surface area contributed by atoms with Gasteiger partial charge in [0.2, 0.25) is 0 Å². The van der Waals surface area contributed by atoms with Gasteiger partial charge in [0.25, 0.3) is 0 Å². The summed E-state index contributed by atoms with van der Waals surface area (Å²) in [7, 11) is 0. The van der Waals surface area contributed by atoms with Gasteiger partial charge in [0.1, 0.15) is 11.6 Å². The summed E-state index contributed by atoms with van der Waals surface area (Å²) in [4.78, 5) is 0. The van der Waals surface area contributed by atoms with Crippen LogP contribution in [0.25, 0.3) is 0 Å². The van der Waals surface area contributed by atoms with Crippen molar-refractivity contribution in [2.45, 2.75) is 39.7 Å². The molecule has 4 heteroatoms. The van der Waals surface area contributed by atoms with Crippen molar-refractivity contribution in [2.75, 3.05) is 5.73 Å². The van der Waals surface area contributed by atoms with Crippen LogP contribution >= 0.6 is 0 Å². The maximum Gasteiger partial charge on any atom is 0.133 e. The van der Waals surface area contributed by atoms with E-state index in [0.717, 1.165) is 43.1 Å². The van der Waals surface area contributed by atoms with Gasteiger partial charge in [0.05, 0.1) is 0 Å². The molecule has 1 aromatic heterocycles. The molecule has 1 heterocycles. The molecular formula is C14H20N4. The van der Waals surface area contributed by atoms with Gasteiger partial charge < -0.3 is 10.3 Å². The molecular weight excluding hydrogens is 224 g/mol. The molecule has 0 aliphatic heterocycles. The van der Waals surface area contributed by atoms with E-state index in [1.165, 1.54) is 5.56 Å². The molecule has 0 bridgehead atoms. The minimum absolute atomic E-state index is 0.857. The molecule has 2 rings (SSSR count). The van der Waals surface area contributed by atoms with Crippen molar-refractivity contribution in [3.8, 4) is 0 Å². The first kappa shape index (κ1) is 12.6. The zero-order chi connectivity index (χ0) is 13.0. The van der Waals surface area contributed by atoms with E-state index >= 15 is 0 Å². The van der Waals surface area contributed by atoms with E-state index in [1.54, 1.807) is 0 Å². The van der Waals surface area contributed by atoms with Gasteiger partial charge in [0, 0.05) is 18.7 Å². The average molecular weight is 244 g/mol. The van der Waals surface area contributed by atoms with Crippen molar-refractivity contribution in [2.24, 2.45) is 0 Å². The first-order chi connectivity index (χ1) is 8.72. The lowest BCUT2D eigenvalue weighted by molar-refractivity contribution is 0.619. The number of aryl methyl sites for hydroxylation is 3. The van der Waals surface area contributed by atoms with Gasteiger partial charge in [0.15, 0.2) is 0 Å². The fraction of sp³-hybridized carbons (Fsp3) is 0.429. The highest BCUT2D eigenvalue weighted by Gasteiger charge is 2.08. The SMILES string of the molecule is CCCn1c(C)nnc1CCc1ccccc1N. The third-order valence-corrected chi connectivity index (χ3v) is 3.13. The largest absolute Gasteiger partial charge is 0.399 e. The van der Waals surface area contributed by atoms with E-state index in [2.05, 4.69) is 27.8 Å². The Kier molecular flexibility index (Phi) is 3.97. The summed E-state index contributed by atoms with van der Waals surface area (Å²) in [5.41, 5.74) is 7.98. The van der Waals surface area contributed by atoms with Gasteiger partial charge in [-0.2, -0.15) is 0 Å². The number of benzene rings is 1. The van der Waals surface area contributed by atoms with Crippen molar-refractivity contribution in [3.05, 3.63) is 41.5 Å². The van der Waals surface area contributed by atoms with Crippen LogP contribution in [0.5, 0.6) is 0 Å². The molecule has 0 aliphatic carbocycles. The van der Waals surface area contributed by atoms with E-state index in [9.17, 15) is 0 Å². The Labute approximate surface area is 108 Å². The van der Waals surface area contributed by atoms with Gasteiger partial charge in [-0.25, -0.2) is 0 Å². The molecule has 0 spiro atoms. The molecule has 1 aromatic carbocycles. The maximum atomic E-state index is 5.94. The number of hydrogen-bond acceptors (Lipinski definition) is 3. The number of rotatable bonds is 5. The second-order valence-corrected chi connectivity index (χ2v) is 4.51. The minimum Gasteiger partial charge on any atom is -0.399 e. The summed E-state index contributed by atoms with van der Waals surface area (Å²) in [6.45, 7) is 5.15. The number of anilines is 1. The third kappa shape index (κ3) is 2.70. The van der Waals surface area contributed by atoms with Gasteiger partial charge in [-0.1, -0.05) is 25.1 Å². The Balaban J connectivity index is 2.09. The number of nitrogens with two attached hydrogens (primary N) is 1. The molecule has 2 N–H and O–H groups in total. The van der Waals surface area contributed by atoms with Crippen LogP contribution in [0.3, 0.4) is 0 Å². The van der Waals surface area contributed by atoms with E-state index in [-0.39, 0.29) is 0 Å². The normalized spacial score (nSPS) is 10.8. The average Bonchev–Trinajstić information content (AvgIpc) is 2.71. The number of para-hydroxylation sites is 1. The Morgan fingerprint density at radius 3 is 2.67 bits per heavy atom. The Morgan fingerprint density at radius 1 is 1.17 bits per heavy atom. The first-order valence-electron chi connectivity index (χ1n) is 6.44. The molecule has 4 nitrogen and oxygen atoms in total. The lowest BCUT2D eigenvalue weighted by atomic mass is 10.1. The fourth-order valence-electron chi connectivity index (χ4n) is 2.13. The number of aromatic nitrogens is 3. The van der Waals surface area contributed by atoms with Crippen LogP contribution in [0.4, 0.5) is 5.69 Å². The van der Waals surface area contributed by atoms with Crippen LogP contribution in [-0.2, 0) is 19.4 Å². The summed E-state index contributed by atoms with van der Waals surface area (Å²) >= 11 is 0. The van der Waals surface area contributed by atoms with Crippen LogP contribution < -0.4 is 5.73 Å². The highest BCUT2D eigenvalue weighted by Crippen LogP contribution is 2.14. The monoisotopic (exact) mass is 244 g/mol. The van der Waals surface area contributed by atoms with Gasteiger partial charge in [-0.15, -0.1) is 10.2 Å². The topological polar surface area (TPSA) is 56.7 Å². The molecule has 0 atom stereocenters. The predicted octanol–water partition coefficient (Wildman–Crippen LogP) is 2.36. The first-order valence-corrected chi connectivity index (χ1v) is 6.44. The van der Waals surface area contributed by atoms with Crippen LogP contribution in [-0.4, -0.2) is 14.8 Å². The van der Waals surface area contributed by atoms with Crippen molar-refractivity contribution in [1.29, 1.82) is 0 Å². The van der Waals surface area contributed by atoms with Gasteiger partial charge in [-0.05, 0) is 31.4 Å². The van der Waals surface area contributed by atoms with Crippen LogP contribution in [0.15, 0.2) is 24.3 Å².